The number of unbranched alkanes of at least 4 members (excludes halogenated alkanes) is 5. The molecule has 0 fully saturated rings. The van der Waals surface area contributed by atoms with E-state index in [9.17, 15) is 9.90 Å². The molecule has 77 valence electrons. The number of primary amides is 1. The Kier molecular flexibility index (Phi) is 7.69. The molecule has 0 saturated carbocycles. The van der Waals surface area contributed by atoms with Gasteiger partial charge in [-0.2, -0.15) is 0 Å². The van der Waals surface area contributed by atoms with Crippen LogP contribution in [0.3, 0.4) is 0 Å². The molecule has 0 aliphatic rings. The zero-order valence-electron chi connectivity index (χ0n) is 8.42. The van der Waals surface area contributed by atoms with E-state index in [0.717, 1.165) is 12.8 Å². The molecule has 0 aliphatic carbocycles. The maximum absolute atomic E-state index is 10.8. The molecule has 1 atom stereocenters. The number of carbonyl (C=O) groups excluding carboxylic acids is 1. The largest absolute Gasteiger partial charge is 0.367 e. The smallest absolute Gasteiger partial charge is 0.249 e. The van der Waals surface area contributed by atoms with Crippen molar-refractivity contribution in [2.45, 2.75) is 58.0 Å². The topological polar surface area (TPSA) is 63.0 Å². The average Bonchev–Trinajstić information content (AvgIpc) is 2.10. The molecule has 1 amide bonds. The fourth-order valence-electron chi connectivity index (χ4n) is 1.25. The zero-order valence-corrected chi connectivity index (χ0v) is 8.42. The second-order valence-electron chi connectivity index (χ2n) is 3.45. The molecule has 13 heavy (non-hydrogen) atoms. The first kappa shape index (κ1) is 12.4. The molecule has 1 unspecified atom stereocenters. The predicted molar refractivity (Wildman–Crippen MR) is 51.7 cm³/mol. The van der Waals surface area contributed by atoms with Gasteiger partial charge in [-0.05, 0) is 6.42 Å². The summed E-state index contributed by atoms with van der Waals surface area (Å²) in [5.41, 5.74) is 4.85. The second kappa shape index (κ2) is 8.05. The highest BCUT2D eigenvalue weighted by atomic mass is 16.3. The zero-order chi connectivity index (χ0) is 10.1. The van der Waals surface area contributed by atoms with E-state index in [-0.39, 0.29) is 0 Å². The summed E-state index contributed by atoms with van der Waals surface area (Å²) in [4.78, 5) is 10.4. The number of hydrogen-bond acceptors (Lipinski definition) is 1. The lowest BCUT2D eigenvalue weighted by Crippen LogP contribution is -2.26. The van der Waals surface area contributed by atoms with Crippen LogP contribution in [0.5, 0.6) is 0 Å². The SMILES string of the molecule is CCCCCCCCC([O])C(N)=O. The minimum atomic E-state index is -1.19. The van der Waals surface area contributed by atoms with Crippen molar-refractivity contribution in [2.75, 3.05) is 0 Å². The van der Waals surface area contributed by atoms with Gasteiger partial charge in [-0.15, -0.1) is 0 Å². The highest BCUT2D eigenvalue weighted by molar-refractivity contribution is 5.78. The van der Waals surface area contributed by atoms with E-state index in [0.29, 0.717) is 6.42 Å². The van der Waals surface area contributed by atoms with Crippen molar-refractivity contribution in [1.29, 1.82) is 0 Å². The highest BCUT2D eigenvalue weighted by Crippen LogP contribution is 2.08. The van der Waals surface area contributed by atoms with Gasteiger partial charge in [0, 0.05) is 0 Å². The quantitative estimate of drug-likeness (QED) is 0.579. The number of carbonyl (C=O) groups is 1. The van der Waals surface area contributed by atoms with E-state index in [4.69, 9.17) is 5.73 Å². The van der Waals surface area contributed by atoms with Gasteiger partial charge in [-0.25, -0.2) is 5.11 Å². The summed E-state index contributed by atoms with van der Waals surface area (Å²) in [5, 5.41) is 10.8. The third-order valence-electron chi connectivity index (χ3n) is 2.14. The van der Waals surface area contributed by atoms with E-state index < -0.39 is 12.0 Å². The monoisotopic (exact) mass is 186 g/mol. The summed E-state index contributed by atoms with van der Waals surface area (Å²) in [7, 11) is 0. The van der Waals surface area contributed by atoms with Crippen LogP contribution in [0.25, 0.3) is 0 Å². The molecule has 3 nitrogen and oxygen atoms in total. The Morgan fingerprint density at radius 3 is 2.23 bits per heavy atom. The van der Waals surface area contributed by atoms with E-state index >= 15 is 0 Å². The molecular weight excluding hydrogens is 166 g/mol. The molecule has 3 heteroatoms. The lowest BCUT2D eigenvalue weighted by Gasteiger charge is -2.03. The fraction of sp³-hybridized carbons (Fsp3) is 0.900. The van der Waals surface area contributed by atoms with Crippen LogP contribution in [-0.2, 0) is 9.90 Å². The molecule has 0 saturated heterocycles. The van der Waals surface area contributed by atoms with Crippen LogP contribution in [0.1, 0.15) is 51.9 Å². The van der Waals surface area contributed by atoms with Crippen molar-refractivity contribution in [1.82, 2.24) is 0 Å². The van der Waals surface area contributed by atoms with Crippen molar-refractivity contribution >= 4 is 5.91 Å². The Bertz CT molecular complexity index is 137. The van der Waals surface area contributed by atoms with Gasteiger partial charge < -0.3 is 5.73 Å². The molecule has 0 aromatic rings. The maximum atomic E-state index is 10.8. The van der Waals surface area contributed by atoms with Crippen molar-refractivity contribution in [3.8, 4) is 0 Å². The normalized spacial score (nSPS) is 12.8. The van der Waals surface area contributed by atoms with Crippen molar-refractivity contribution in [2.24, 2.45) is 5.73 Å². The Balaban J connectivity index is 3.11. The number of nitrogens with two attached hydrogens (primary N) is 1. The van der Waals surface area contributed by atoms with Gasteiger partial charge in [0.2, 0.25) is 5.91 Å². The Hall–Kier alpha value is -0.570. The van der Waals surface area contributed by atoms with Gasteiger partial charge >= 0.3 is 0 Å². The van der Waals surface area contributed by atoms with Crippen LogP contribution in [0.15, 0.2) is 0 Å². The van der Waals surface area contributed by atoms with Crippen LogP contribution in [0.4, 0.5) is 0 Å². The fourth-order valence-corrected chi connectivity index (χ4v) is 1.25. The number of amides is 1. The first-order valence-corrected chi connectivity index (χ1v) is 5.13. The van der Waals surface area contributed by atoms with Crippen LogP contribution >= 0.6 is 0 Å². The molecule has 0 heterocycles. The molecule has 0 bridgehead atoms. The van der Waals surface area contributed by atoms with Crippen LogP contribution in [0.2, 0.25) is 0 Å². The van der Waals surface area contributed by atoms with E-state index in [1.54, 1.807) is 0 Å². The molecule has 0 spiro atoms. The molecule has 2 N–H and O–H groups in total. The Morgan fingerprint density at radius 1 is 1.15 bits per heavy atom. The third kappa shape index (κ3) is 7.78. The van der Waals surface area contributed by atoms with Crippen LogP contribution in [0, 0.1) is 0 Å². The van der Waals surface area contributed by atoms with Crippen molar-refractivity contribution in [3.63, 3.8) is 0 Å². The van der Waals surface area contributed by atoms with Crippen molar-refractivity contribution < 1.29 is 9.90 Å². The summed E-state index contributed by atoms with van der Waals surface area (Å²) in [5.74, 6) is -0.714. The Morgan fingerprint density at radius 2 is 1.69 bits per heavy atom. The molecule has 0 rings (SSSR count). The molecule has 0 aliphatic heterocycles. The van der Waals surface area contributed by atoms with E-state index in [1.807, 2.05) is 0 Å². The lowest BCUT2D eigenvalue weighted by atomic mass is 10.1. The first-order valence-electron chi connectivity index (χ1n) is 5.13. The predicted octanol–water partition coefficient (Wildman–Crippen LogP) is 2.02. The molecule has 1 radical (unpaired) electrons. The summed E-state index contributed by atoms with van der Waals surface area (Å²) in [6.45, 7) is 2.17. The van der Waals surface area contributed by atoms with Gasteiger partial charge in [0.15, 0.2) is 6.10 Å². The van der Waals surface area contributed by atoms with Crippen LogP contribution < -0.4 is 5.73 Å². The van der Waals surface area contributed by atoms with Gasteiger partial charge in [0.05, 0.1) is 0 Å². The molecule has 0 aromatic heterocycles. The molecular formula is C10H20NO2. The van der Waals surface area contributed by atoms with Gasteiger partial charge in [0.25, 0.3) is 0 Å². The maximum Gasteiger partial charge on any atom is 0.249 e. The highest BCUT2D eigenvalue weighted by Gasteiger charge is 2.11. The summed E-state index contributed by atoms with van der Waals surface area (Å²) in [6, 6.07) is 0. The van der Waals surface area contributed by atoms with E-state index in [2.05, 4.69) is 6.92 Å². The van der Waals surface area contributed by atoms with Crippen LogP contribution in [-0.4, -0.2) is 12.0 Å². The van der Waals surface area contributed by atoms with Gasteiger partial charge in [-0.3, -0.25) is 4.79 Å². The molecule has 0 aromatic carbocycles. The van der Waals surface area contributed by atoms with Crippen molar-refractivity contribution in [3.05, 3.63) is 0 Å². The van der Waals surface area contributed by atoms with Gasteiger partial charge in [0.1, 0.15) is 0 Å². The Labute approximate surface area is 80.3 Å². The standard InChI is InChI=1S/C10H20NO2/c1-2-3-4-5-6-7-8-9(12)10(11)13/h9H,2-8H2,1H3,(H2,11,13). The minimum Gasteiger partial charge on any atom is -0.367 e. The average molecular weight is 186 g/mol. The second-order valence-corrected chi connectivity index (χ2v) is 3.45. The number of rotatable bonds is 8. The van der Waals surface area contributed by atoms with E-state index in [1.165, 1.54) is 25.7 Å². The van der Waals surface area contributed by atoms with Gasteiger partial charge in [-0.1, -0.05) is 45.4 Å². The minimum absolute atomic E-state index is 0.404. The number of hydrogen-bond donors (Lipinski definition) is 1. The lowest BCUT2D eigenvalue weighted by molar-refractivity contribution is -0.129. The third-order valence-corrected chi connectivity index (χ3v) is 2.14. The summed E-state index contributed by atoms with van der Waals surface area (Å²) in [6.07, 6.45) is 5.98. The summed E-state index contributed by atoms with van der Waals surface area (Å²) < 4.78 is 0. The summed E-state index contributed by atoms with van der Waals surface area (Å²) >= 11 is 0. The first-order chi connectivity index (χ1) is 6.18.